The van der Waals surface area contributed by atoms with Gasteiger partial charge in [-0.2, -0.15) is 0 Å². The Bertz CT molecular complexity index is 491. The molecule has 1 rings (SSSR count). The molecule has 0 saturated carbocycles. The smallest absolute Gasteiger partial charge is 0.222 e. The lowest BCUT2D eigenvalue weighted by Crippen LogP contribution is -2.36. The van der Waals surface area contributed by atoms with E-state index in [0.717, 1.165) is 5.56 Å². The van der Waals surface area contributed by atoms with Gasteiger partial charge in [-0.05, 0) is 37.5 Å². The number of aliphatic hydroxyl groups excluding tert-OH is 1. The standard InChI is InChI=1S/C16H23ClN2O3/c1-11(4-3-9-20)18-16(22)10-15(19-12(2)21)13-5-7-14(17)8-6-13/h5-8,11,15,20H,3-4,9-10H2,1-2H3,(H,18,22)(H,19,21). The van der Waals surface area contributed by atoms with Crippen LogP contribution in [0.3, 0.4) is 0 Å². The van der Waals surface area contributed by atoms with Gasteiger partial charge < -0.3 is 15.7 Å². The zero-order chi connectivity index (χ0) is 16.5. The molecule has 1 aromatic rings. The highest BCUT2D eigenvalue weighted by Gasteiger charge is 2.18. The maximum Gasteiger partial charge on any atom is 0.222 e. The molecule has 1 aromatic carbocycles. The molecule has 2 amide bonds. The summed E-state index contributed by atoms with van der Waals surface area (Å²) < 4.78 is 0. The summed E-state index contributed by atoms with van der Waals surface area (Å²) in [5.41, 5.74) is 0.831. The third-order valence-electron chi connectivity index (χ3n) is 3.24. The second-order valence-electron chi connectivity index (χ2n) is 5.34. The minimum atomic E-state index is -0.389. The Morgan fingerprint density at radius 1 is 1.23 bits per heavy atom. The van der Waals surface area contributed by atoms with Gasteiger partial charge in [0, 0.05) is 24.6 Å². The van der Waals surface area contributed by atoms with Crippen molar-refractivity contribution in [3.05, 3.63) is 34.9 Å². The van der Waals surface area contributed by atoms with E-state index in [-0.39, 0.29) is 36.9 Å². The van der Waals surface area contributed by atoms with Crippen LogP contribution in [0.5, 0.6) is 0 Å². The molecular weight excluding hydrogens is 304 g/mol. The Morgan fingerprint density at radius 2 is 1.86 bits per heavy atom. The van der Waals surface area contributed by atoms with E-state index in [1.165, 1.54) is 6.92 Å². The molecule has 2 unspecified atom stereocenters. The van der Waals surface area contributed by atoms with Gasteiger partial charge in [-0.15, -0.1) is 0 Å². The fraction of sp³-hybridized carbons (Fsp3) is 0.500. The number of amides is 2. The molecule has 0 saturated heterocycles. The van der Waals surface area contributed by atoms with Crippen LogP contribution in [0, 0.1) is 0 Å². The molecule has 0 bridgehead atoms. The zero-order valence-electron chi connectivity index (χ0n) is 12.9. The van der Waals surface area contributed by atoms with Crippen molar-refractivity contribution in [3.63, 3.8) is 0 Å². The zero-order valence-corrected chi connectivity index (χ0v) is 13.7. The normalized spacial score (nSPS) is 13.3. The predicted octanol–water partition coefficient (Wildman–Crippen LogP) is 2.18. The van der Waals surface area contributed by atoms with Crippen molar-refractivity contribution in [2.75, 3.05) is 6.61 Å². The molecule has 5 nitrogen and oxygen atoms in total. The summed E-state index contributed by atoms with van der Waals surface area (Å²) in [7, 11) is 0. The van der Waals surface area contributed by atoms with Crippen LogP contribution in [0.2, 0.25) is 5.02 Å². The van der Waals surface area contributed by atoms with Gasteiger partial charge in [0.2, 0.25) is 11.8 Å². The molecule has 0 aliphatic carbocycles. The van der Waals surface area contributed by atoms with Crippen LogP contribution in [0.1, 0.15) is 44.7 Å². The number of rotatable bonds is 8. The number of benzene rings is 1. The lowest BCUT2D eigenvalue weighted by molar-refractivity contribution is -0.123. The number of halogens is 1. The van der Waals surface area contributed by atoms with E-state index in [1.807, 2.05) is 6.92 Å². The largest absolute Gasteiger partial charge is 0.396 e. The minimum absolute atomic E-state index is 0.0113. The van der Waals surface area contributed by atoms with Crippen LogP contribution >= 0.6 is 11.6 Å². The van der Waals surface area contributed by atoms with Crippen molar-refractivity contribution in [1.82, 2.24) is 10.6 Å². The van der Waals surface area contributed by atoms with Crippen molar-refractivity contribution in [2.45, 2.75) is 45.2 Å². The monoisotopic (exact) mass is 326 g/mol. The van der Waals surface area contributed by atoms with Crippen molar-refractivity contribution in [2.24, 2.45) is 0 Å². The predicted molar refractivity (Wildman–Crippen MR) is 86.6 cm³/mol. The maximum absolute atomic E-state index is 12.1. The lowest BCUT2D eigenvalue weighted by atomic mass is 10.0. The average Bonchev–Trinajstić information content (AvgIpc) is 2.44. The molecule has 0 aromatic heterocycles. The Hall–Kier alpha value is -1.59. The van der Waals surface area contributed by atoms with Crippen LogP contribution in [0.15, 0.2) is 24.3 Å². The number of hydrogen-bond acceptors (Lipinski definition) is 3. The van der Waals surface area contributed by atoms with Crippen molar-refractivity contribution in [1.29, 1.82) is 0 Å². The first-order valence-electron chi connectivity index (χ1n) is 7.35. The highest BCUT2D eigenvalue weighted by Crippen LogP contribution is 2.19. The van der Waals surface area contributed by atoms with E-state index in [2.05, 4.69) is 10.6 Å². The summed E-state index contributed by atoms with van der Waals surface area (Å²) in [4.78, 5) is 23.4. The summed E-state index contributed by atoms with van der Waals surface area (Å²) in [6, 6.07) is 6.65. The van der Waals surface area contributed by atoms with Crippen LogP contribution < -0.4 is 10.6 Å². The minimum Gasteiger partial charge on any atom is -0.396 e. The summed E-state index contributed by atoms with van der Waals surface area (Å²) in [5, 5.41) is 15.1. The van der Waals surface area contributed by atoms with E-state index < -0.39 is 0 Å². The van der Waals surface area contributed by atoms with E-state index in [1.54, 1.807) is 24.3 Å². The van der Waals surface area contributed by atoms with Crippen LogP contribution in [0.25, 0.3) is 0 Å². The quantitative estimate of drug-likeness (QED) is 0.685. The number of nitrogens with one attached hydrogen (secondary N) is 2. The molecule has 3 N–H and O–H groups in total. The van der Waals surface area contributed by atoms with Crippen LogP contribution in [0.4, 0.5) is 0 Å². The number of carbonyl (C=O) groups excluding carboxylic acids is 2. The van der Waals surface area contributed by atoms with Gasteiger partial charge in [-0.25, -0.2) is 0 Å². The number of hydrogen-bond donors (Lipinski definition) is 3. The molecule has 2 atom stereocenters. The van der Waals surface area contributed by atoms with E-state index in [4.69, 9.17) is 16.7 Å². The number of aliphatic hydroxyl groups is 1. The molecule has 0 heterocycles. The van der Waals surface area contributed by atoms with E-state index >= 15 is 0 Å². The Kier molecular flexibility index (Phi) is 7.91. The SMILES string of the molecule is CC(=O)NC(CC(=O)NC(C)CCCO)c1ccc(Cl)cc1. The first kappa shape index (κ1) is 18.5. The molecule has 0 radical (unpaired) electrons. The highest BCUT2D eigenvalue weighted by atomic mass is 35.5. The van der Waals surface area contributed by atoms with Gasteiger partial charge in [-0.3, -0.25) is 9.59 Å². The molecule has 0 aliphatic rings. The molecule has 22 heavy (non-hydrogen) atoms. The molecule has 0 fully saturated rings. The Balaban J connectivity index is 2.66. The van der Waals surface area contributed by atoms with Crippen LogP contribution in [-0.2, 0) is 9.59 Å². The Labute approximate surface area is 136 Å². The number of carbonyl (C=O) groups is 2. The van der Waals surface area contributed by atoms with E-state index in [0.29, 0.717) is 17.9 Å². The second kappa shape index (κ2) is 9.43. The van der Waals surface area contributed by atoms with Gasteiger partial charge in [0.15, 0.2) is 0 Å². The van der Waals surface area contributed by atoms with Gasteiger partial charge in [0.05, 0.1) is 12.5 Å². The average molecular weight is 327 g/mol. The summed E-state index contributed by atoms with van der Waals surface area (Å²) in [5.74, 6) is -0.333. The molecular formula is C16H23ClN2O3. The third-order valence-corrected chi connectivity index (χ3v) is 3.49. The highest BCUT2D eigenvalue weighted by molar-refractivity contribution is 6.30. The fourth-order valence-corrected chi connectivity index (χ4v) is 2.31. The maximum atomic E-state index is 12.1. The van der Waals surface area contributed by atoms with Gasteiger partial charge in [0.25, 0.3) is 0 Å². The second-order valence-corrected chi connectivity index (χ2v) is 5.78. The third kappa shape index (κ3) is 6.91. The van der Waals surface area contributed by atoms with Crippen LogP contribution in [-0.4, -0.2) is 29.6 Å². The van der Waals surface area contributed by atoms with Crippen molar-refractivity contribution < 1.29 is 14.7 Å². The lowest BCUT2D eigenvalue weighted by Gasteiger charge is -2.20. The fourth-order valence-electron chi connectivity index (χ4n) is 2.18. The summed E-state index contributed by atoms with van der Waals surface area (Å²) >= 11 is 5.86. The first-order valence-corrected chi connectivity index (χ1v) is 7.73. The van der Waals surface area contributed by atoms with Crippen molar-refractivity contribution >= 4 is 23.4 Å². The molecule has 6 heteroatoms. The van der Waals surface area contributed by atoms with Gasteiger partial charge in [-0.1, -0.05) is 23.7 Å². The summed E-state index contributed by atoms with van der Waals surface area (Å²) in [6.45, 7) is 3.42. The molecule has 122 valence electrons. The molecule has 0 spiro atoms. The van der Waals surface area contributed by atoms with Gasteiger partial charge >= 0.3 is 0 Å². The Morgan fingerprint density at radius 3 is 2.41 bits per heavy atom. The van der Waals surface area contributed by atoms with Crippen molar-refractivity contribution in [3.8, 4) is 0 Å². The topological polar surface area (TPSA) is 78.4 Å². The van der Waals surface area contributed by atoms with Gasteiger partial charge in [0.1, 0.15) is 0 Å². The van der Waals surface area contributed by atoms with E-state index in [9.17, 15) is 9.59 Å². The first-order chi connectivity index (χ1) is 10.4. The summed E-state index contributed by atoms with van der Waals surface area (Å²) in [6.07, 6.45) is 1.52. The molecule has 0 aliphatic heterocycles.